The van der Waals surface area contributed by atoms with E-state index in [-0.39, 0.29) is 17.1 Å². The fraction of sp³-hybridized carbons (Fsp3) is 0. The number of benzene rings is 3. The number of hydrogen-bond acceptors (Lipinski definition) is 9. The van der Waals surface area contributed by atoms with E-state index in [2.05, 4.69) is 88.4 Å². The van der Waals surface area contributed by atoms with E-state index in [1.54, 1.807) is 48.6 Å². The van der Waals surface area contributed by atoms with Crippen molar-refractivity contribution in [3.8, 4) is 34.5 Å². The third kappa shape index (κ3) is 7.27. The minimum atomic E-state index is -0.297. The van der Waals surface area contributed by atoms with Crippen LogP contribution in [0.15, 0.2) is 143 Å². The number of nitrogens with zero attached hydrogens (tertiary/aromatic N) is 1. The van der Waals surface area contributed by atoms with Gasteiger partial charge in [0.15, 0.2) is 5.78 Å². The van der Waals surface area contributed by atoms with Gasteiger partial charge in [-0.3, -0.25) is 4.79 Å². The molecular weight excluding hydrogens is 909 g/mol. The van der Waals surface area contributed by atoms with Gasteiger partial charge in [0.2, 0.25) is 0 Å². The predicted octanol–water partition coefficient (Wildman–Crippen LogP) is 3.60. The van der Waals surface area contributed by atoms with E-state index in [9.17, 15) is 4.79 Å². The predicted molar refractivity (Wildman–Crippen MR) is 241 cm³/mol. The van der Waals surface area contributed by atoms with Crippen molar-refractivity contribution in [1.29, 1.82) is 0 Å². The van der Waals surface area contributed by atoms with Gasteiger partial charge in [-0.05, 0) is 97.1 Å². The highest BCUT2D eigenvalue weighted by molar-refractivity contribution is 6.36. The van der Waals surface area contributed by atoms with Crippen LogP contribution in [0.5, 0.6) is 34.5 Å². The molecule has 0 atom stereocenters. The maximum Gasteiger partial charge on any atom is 0.341 e. The summed E-state index contributed by atoms with van der Waals surface area (Å²) in [6.07, 6.45) is 8.51. The van der Waals surface area contributed by atoms with Crippen molar-refractivity contribution < 1.29 is 35.8 Å². The van der Waals surface area contributed by atoms with Gasteiger partial charge in [-0.15, -0.1) is 0 Å². The van der Waals surface area contributed by atoms with E-state index in [0.717, 1.165) is 0 Å². The van der Waals surface area contributed by atoms with E-state index in [0.29, 0.717) is 118 Å². The lowest BCUT2D eigenvalue weighted by Gasteiger charge is -2.18. The molecule has 1 aliphatic carbocycles. The molecule has 2 aliphatic heterocycles. The third-order valence-electron chi connectivity index (χ3n) is 10.5. The average Bonchev–Trinajstić information content (AvgIpc) is 4.17. The third-order valence-corrected chi connectivity index (χ3v) is 12.1. The Balaban J connectivity index is 1.49. The molecule has 63 heavy (non-hydrogen) atoms. The smallest absolute Gasteiger partial charge is 0.341 e. The zero-order chi connectivity index (χ0) is 43.8. The van der Waals surface area contributed by atoms with Gasteiger partial charge in [0.25, 0.3) is 0 Å². The van der Waals surface area contributed by atoms with E-state index in [4.69, 9.17) is 36.0 Å². The van der Waals surface area contributed by atoms with Crippen molar-refractivity contribution in [1.82, 2.24) is 15.0 Å². The van der Waals surface area contributed by atoms with Gasteiger partial charge in [-0.25, -0.2) is 4.99 Å². The van der Waals surface area contributed by atoms with Crippen molar-refractivity contribution in [2.75, 3.05) is 0 Å². The summed E-state index contributed by atoms with van der Waals surface area (Å²) in [5.41, 5.74) is 7.72. The number of aromatic amines is 3. The fourth-order valence-corrected chi connectivity index (χ4v) is 9.15. The molecule has 12 nitrogen and oxygen atoms in total. The van der Waals surface area contributed by atoms with Crippen LogP contribution in [0.2, 0.25) is 0 Å². The van der Waals surface area contributed by atoms with Crippen LogP contribution in [-0.2, 0) is 9.22 Å². The molecule has 3 aromatic carbocycles. The summed E-state index contributed by atoms with van der Waals surface area (Å²) in [6, 6.07) is 27.8. The first kappa shape index (κ1) is 41.7. The van der Waals surface area contributed by atoms with Crippen molar-refractivity contribution in [3.63, 3.8) is 0 Å². The van der Waals surface area contributed by atoms with Gasteiger partial charge >= 0.3 is 73.4 Å². The van der Waals surface area contributed by atoms with Crippen LogP contribution < -0.4 is 37.3 Å². The number of aliphatic imine (C=N–C) groups is 1. The molecule has 9 rings (SSSR count). The second kappa shape index (κ2) is 17.6. The summed E-state index contributed by atoms with van der Waals surface area (Å²) in [5.74, 6) is 2.64. The maximum absolute atomic E-state index is 14.0. The molecule has 3 aromatic heterocycles. The number of rotatable bonds is 10. The summed E-state index contributed by atoms with van der Waals surface area (Å²) >= 11 is 0. The number of fused-ring (bicyclic) bond motifs is 7. The Kier molecular flexibility index (Phi) is 11.7. The molecule has 21 radical (unpaired) electrons. The summed E-state index contributed by atoms with van der Waals surface area (Å²) in [4.78, 5) is 30.3. The monoisotopic (exact) mass is 931 g/mol. The lowest BCUT2D eigenvalue weighted by Crippen LogP contribution is -2.19. The molecule has 0 saturated carbocycles. The van der Waals surface area contributed by atoms with E-state index in [1.807, 2.05) is 66.7 Å². The van der Waals surface area contributed by atoms with Crippen molar-refractivity contribution in [2.24, 2.45) is 4.99 Å². The number of hydrogen-bond donors (Lipinski definition) is 3. The normalized spacial score (nSPS) is 18.5. The molecule has 19 heteroatoms. The van der Waals surface area contributed by atoms with Gasteiger partial charge in [0, 0.05) is 55.8 Å². The number of nitrogens with one attached hydrogen (secondary N) is 3. The Hall–Kier alpha value is -6.60. The Bertz CT molecular complexity index is 3110. The topological polar surface area (TPSA) is 141 Å². The molecule has 295 valence electrons. The number of carbonyl (C=O) groups excluding carboxylic acids is 1. The SMILES string of the molecule is O=C1C=CC=C(O[Si])/C1=C1C2=N/C(=C(/c3c(O[Si])cccc3O[Si])c3ccc([nH]3)/C(c3c(O[Si])cccc3O[Si])=c3/cc/c([nH]3)=C(\c3c(O[Si])cccc3O[Si])c3ccc\1[nH]3)C=C2. The molecule has 0 saturated heterocycles. The molecule has 0 amide bonds. The van der Waals surface area contributed by atoms with Gasteiger partial charge < -0.3 is 45.9 Å². The van der Waals surface area contributed by atoms with Crippen LogP contribution in [-0.4, -0.2) is 99.8 Å². The van der Waals surface area contributed by atoms with Crippen LogP contribution >= 0.6 is 0 Å². The lowest BCUT2D eigenvalue weighted by atomic mass is 9.93. The number of H-pyrrole nitrogens is 3. The largest absolute Gasteiger partial charge is 0.540 e. The molecule has 3 N–H and O–H groups in total. The van der Waals surface area contributed by atoms with Gasteiger partial charge in [-0.2, -0.15) is 0 Å². The Morgan fingerprint density at radius 2 is 0.825 bits per heavy atom. The Morgan fingerprint density at radius 3 is 1.25 bits per heavy atom. The van der Waals surface area contributed by atoms with Crippen LogP contribution in [0.3, 0.4) is 0 Å². The molecule has 5 heterocycles. The second-order valence-electron chi connectivity index (χ2n) is 13.8. The zero-order valence-electron chi connectivity index (χ0n) is 32.3. The molecule has 0 fully saturated rings. The van der Waals surface area contributed by atoms with Crippen molar-refractivity contribution in [3.05, 3.63) is 189 Å². The first-order chi connectivity index (χ1) is 30.8. The van der Waals surface area contributed by atoms with E-state index >= 15 is 0 Å². The van der Waals surface area contributed by atoms with Crippen molar-refractivity contribution >= 4 is 107 Å². The standard InChI is InChI=1S/C44H23N4O8Si7/c49-29-5-1-6-30(50-57)41(29)37-21-13-15-23(45-21)38(42-31(51-58)7-2-8-32(42)52-59)25-17-19-27(47-25)40(44-35(55-62)11-4-12-36(44)56-63)28-20-18-26(48-28)39(24-16-14-22(37)46-24)43-33(53-60)9-3-10-34(43)54-61/h1-20,45,47-48H/b38-25+,39-24+,40-27+,41-37-. The minimum absolute atomic E-state index is 0.261. The van der Waals surface area contributed by atoms with Gasteiger partial charge in [-0.1, -0.05) is 24.3 Å². The molecule has 3 aliphatic rings. The first-order valence-electron chi connectivity index (χ1n) is 18.6. The Morgan fingerprint density at radius 1 is 0.413 bits per heavy atom. The minimum Gasteiger partial charge on any atom is -0.540 e. The fourth-order valence-electron chi connectivity index (χ4n) is 7.96. The van der Waals surface area contributed by atoms with E-state index < -0.39 is 0 Å². The molecule has 0 unspecified atom stereocenters. The maximum atomic E-state index is 14.0. The second-order valence-corrected chi connectivity index (χ2v) is 15.2. The lowest BCUT2D eigenvalue weighted by molar-refractivity contribution is -0.111. The first-order valence-corrected chi connectivity index (χ1v) is 21.5. The van der Waals surface area contributed by atoms with Crippen LogP contribution in [0.1, 0.15) is 39.5 Å². The number of aromatic nitrogens is 3. The van der Waals surface area contributed by atoms with E-state index in [1.165, 1.54) is 6.08 Å². The van der Waals surface area contributed by atoms with Crippen molar-refractivity contribution in [2.45, 2.75) is 0 Å². The summed E-state index contributed by atoms with van der Waals surface area (Å²) in [7, 11) is 22.9. The zero-order valence-corrected chi connectivity index (χ0v) is 39.3. The number of allylic oxidation sites excluding steroid dienone is 7. The quantitative estimate of drug-likeness (QED) is 0.140. The van der Waals surface area contributed by atoms with Crippen LogP contribution in [0.4, 0.5) is 0 Å². The highest BCUT2D eigenvalue weighted by Crippen LogP contribution is 2.44. The van der Waals surface area contributed by atoms with Crippen LogP contribution in [0.25, 0.3) is 22.3 Å². The van der Waals surface area contributed by atoms with Crippen LogP contribution in [0, 0.1) is 0 Å². The summed E-state index contributed by atoms with van der Waals surface area (Å²) < 4.78 is 40.3. The summed E-state index contributed by atoms with van der Waals surface area (Å²) in [5, 5.41) is 1.30. The highest BCUT2D eigenvalue weighted by atomic mass is 28.2. The average molecular weight is 932 g/mol. The highest BCUT2D eigenvalue weighted by Gasteiger charge is 2.31. The molecule has 8 bridgehead atoms. The molecular formula is C44H23N4O8Si7. The van der Waals surface area contributed by atoms with Gasteiger partial charge in [0.1, 0.15) is 40.3 Å². The molecule has 6 aromatic rings. The molecule has 0 spiro atoms. The van der Waals surface area contributed by atoms with Gasteiger partial charge in [0.05, 0.1) is 33.7 Å². The number of carbonyl (C=O) groups is 1. The number of ketones is 1. The summed E-state index contributed by atoms with van der Waals surface area (Å²) in [6.45, 7) is 0. The Labute approximate surface area is 384 Å².